The maximum Gasteiger partial charge on any atom is 0.234 e. The third-order valence-electron chi connectivity index (χ3n) is 5.35. The highest BCUT2D eigenvalue weighted by Gasteiger charge is 2.17. The van der Waals surface area contributed by atoms with Gasteiger partial charge in [0.2, 0.25) is 5.91 Å². The number of benzene rings is 2. The van der Waals surface area contributed by atoms with Gasteiger partial charge in [-0.1, -0.05) is 31.2 Å². The zero-order valence-corrected chi connectivity index (χ0v) is 17.8. The summed E-state index contributed by atoms with van der Waals surface area (Å²) in [6.07, 6.45) is 1.97. The number of hydrogen-bond donors (Lipinski definition) is 1. The van der Waals surface area contributed by atoms with E-state index in [9.17, 15) is 9.18 Å². The fourth-order valence-corrected chi connectivity index (χ4v) is 3.69. The van der Waals surface area contributed by atoms with Crippen molar-refractivity contribution >= 4 is 11.6 Å². The highest BCUT2D eigenvalue weighted by molar-refractivity contribution is 5.78. The normalized spacial score (nSPS) is 15.1. The molecule has 2 aromatic rings. The third-order valence-corrected chi connectivity index (χ3v) is 5.35. The topological polar surface area (TPSA) is 44.8 Å². The van der Waals surface area contributed by atoms with Crippen LogP contribution in [0.1, 0.15) is 30.9 Å². The first-order valence-corrected chi connectivity index (χ1v) is 10.8. The molecule has 1 fully saturated rings. The Morgan fingerprint density at radius 1 is 1.03 bits per heavy atom. The molecule has 0 aromatic heterocycles. The van der Waals surface area contributed by atoms with Gasteiger partial charge in [-0.3, -0.25) is 9.69 Å². The van der Waals surface area contributed by atoms with Gasteiger partial charge in [0, 0.05) is 45.0 Å². The molecule has 0 atom stereocenters. The number of carbonyl (C=O) groups is 1. The fraction of sp³-hybridized carbons (Fsp3) is 0.458. The van der Waals surface area contributed by atoms with Crippen LogP contribution in [0, 0.1) is 5.82 Å². The molecule has 1 N–H and O–H groups in total. The van der Waals surface area contributed by atoms with Gasteiger partial charge in [-0.15, -0.1) is 0 Å². The van der Waals surface area contributed by atoms with E-state index >= 15 is 0 Å². The van der Waals surface area contributed by atoms with Crippen molar-refractivity contribution in [2.45, 2.75) is 32.9 Å². The Kier molecular flexibility index (Phi) is 8.66. The average Bonchev–Trinajstić information content (AvgIpc) is 2.99. The number of ether oxygens (including phenoxy) is 1. The molecule has 0 radical (unpaired) electrons. The van der Waals surface area contributed by atoms with Crippen LogP contribution in [0.3, 0.4) is 0 Å². The highest BCUT2D eigenvalue weighted by Crippen LogP contribution is 2.17. The largest absolute Gasteiger partial charge is 0.377 e. The zero-order chi connectivity index (χ0) is 21.2. The molecule has 3 rings (SSSR count). The Morgan fingerprint density at radius 2 is 1.80 bits per heavy atom. The van der Waals surface area contributed by atoms with Crippen molar-refractivity contribution in [1.82, 2.24) is 10.2 Å². The minimum Gasteiger partial charge on any atom is -0.377 e. The van der Waals surface area contributed by atoms with Gasteiger partial charge in [0.1, 0.15) is 5.82 Å². The predicted octanol–water partition coefficient (Wildman–Crippen LogP) is 3.58. The molecule has 162 valence electrons. The Balaban J connectivity index is 1.46. The molecule has 5 nitrogen and oxygen atoms in total. The maximum atomic E-state index is 13.2. The quantitative estimate of drug-likeness (QED) is 0.639. The van der Waals surface area contributed by atoms with E-state index < -0.39 is 0 Å². The molecule has 6 heteroatoms. The summed E-state index contributed by atoms with van der Waals surface area (Å²) < 4.78 is 18.8. The third kappa shape index (κ3) is 6.82. The van der Waals surface area contributed by atoms with Gasteiger partial charge in [0.25, 0.3) is 0 Å². The van der Waals surface area contributed by atoms with Crippen molar-refractivity contribution in [2.75, 3.05) is 44.2 Å². The summed E-state index contributed by atoms with van der Waals surface area (Å²) in [5, 5.41) is 3.06. The van der Waals surface area contributed by atoms with Crippen molar-refractivity contribution in [1.29, 1.82) is 0 Å². The number of carbonyl (C=O) groups excluding carboxylic acids is 1. The molecule has 1 amide bonds. The Morgan fingerprint density at radius 3 is 2.57 bits per heavy atom. The van der Waals surface area contributed by atoms with Crippen LogP contribution < -0.4 is 10.2 Å². The minimum absolute atomic E-state index is 0.0366. The molecule has 0 aliphatic carbocycles. The number of nitrogens with zero attached hydrogens (tertiary/aromatic N) is 2. The number of nitrogens with one attached hydrogen (secondary N) is 1. The van der Waals surface area contributed by atoms with Gasteiger partial charge < -0.3 is 15.0 Å². The molecule has 1 aliphatic rings. The second-order valence-electron chi connectivity index (χ2n) is 7.69. The second kappa shape index (κ2) is 11.7. The first-order chi connectivity index (χ1) is 14.7. The molecule has 0 saturated carbocycles. The van der Waals surface area contributed by atoms with Crippen molar-refractivity contribution in [3.8, 4) is 0 Å². The van der Waals surface area contributed by atoms with E-state index in [4.69, 9.17) is 4.74 Å². The van der Waals surface area contributed by atoms with Crippen LogP contribution in [-0.4, -0.2) is 50.1 Å². The molecule has 2 aromatic carbocycles. The Bertz CT molecular complexity index is 797. The fourth-order valence-electron chi connectivity index (χ4n) is 3.69. The number of amides is 1. The van der Waals surface area contributed by atoms with Crippen molar-refractivity contribution < 1.29 is 13.9 Å². The second-order valence-corrected chi connectivity index (χ2v) is 7.69. The molecular weight excluding hydrogens is 381 g/mol. The smallest absolute Gasteiger partial charge is 0.234 e. The lowest BCUT2D eigenvalue weighted by Crippen LogP contribution is -2.39. The first kappa shape index (κ1) is 22.2. The van der Waals surface area contributed by atoms with Crippen molar-refractivity contribution in [2.24, 2.45) is 0 Å². The molecule has 1 aliphatic heterocycles. The van der Waals surface area contributed by atoms with Crippen molar-refractivity contribution in [3.63, 3.8) is 0 Å². The summed E-state index contributed by atoms with van der Waals surface area (Å²) in [6.45, 7) is 7.75. The van der Waals surface area contributed by atoms with Crippen LogP contribution in [0.5, 0.6) is 0 Å². The molecule has 0 unspecified atom stereocenters. The lowest BCUT2D eigenvalue weighted by Gasteiger charge is -2.23. The predicted molar refractivity (Wildman–Crippen MR) is 118 cm³/mol. The van der Waals surface area contributed by atoms with E-state index in [0.29, 0.717) is 19.7 Å². The summed E-state index contributed by atoms with van der Waals surface area (Å²) in [7, 11) is 0. The molecule has 0 bridgehead atoms. The van der Waals surface area contributed by atoms with E-state index in [1.165, 1.54) is 12.1 Å². The van der Waals surface area contributed by atoms with Gasteiger partial charge in [0.05, 0.1) is 13.2 Å². The summed E-state index contributed by atoms with van der Waals surface area (Å²) >= 11 is 0. The summed E-state index contributed by atoms with van der Waals surface area (Å²) in [5.74, 6) is -0.181. The van der Waals surface area contributed by atoms with E-state index in [2.05, 4.69) is 28.1 Å². The highest BCUT2D eigenvalue weighted by atomic mass is 19.1. The number of halogens is 1. The van der Waals surface area contributed by atoms with Gasteiger partial charge in [-0.25, -0.2) is 4.39 Å². The standard InChI is InChI=1S/C24H32FN3O2/c1-2-16-30-19-21-7-4-3-6-20(21)17-26-24(29)18-27-12-5-13-28(15-14-27)23-10-8-22(25)9-11-23/h3-4,6-11H,2,5,12-19H2,1H3,(H,26,29). The van der Waals surface area contributed by atoms with E-state index in [1.54, 1.807) is 0 Å². The molecule has 1 saturated heterocycles. The van der Waals surface area contributed by atoms with Crippen LogP contribution >= 0.6 is 0 Å². The van der Waals surface area contributed by atoms with Gasteiger partial charge in [-0.2, -0.15) is 0 Å². The van der Waals surface area contributed by atoms with Gasteiger partial charge in [-0.05, 0) is 48.2 Å². The van der Waals surface area contributed by atoms with Gasteiger partial charge in [0.15, 0.2) is 0 Å². The van der Waals surface area contributed by atoms with E-state index in [-0.39, 0.29) is 11.7 Å². The van der Waals surface area contributed by atoms with Crippen molar-refractivity contribution in [3.05, 3.63) is 65.5 Å². The lowest BCUT2D eigenvalue weighted by molar-refractivity contribution is -0.122. The van der Waals surface area contributed by atoms with Crippen LogP contribution in [0.2, 0.25) is 0 Å². The monoisotopic (exact) mass is 413 g/mol. The zero-order valence-electron chi connectivity index (χ0n) is 17.8. The summed E-state index contributed by atoms with van der Waals surface area (Å²) in [6, 6.07) is 14.7. The van der Waals surface area contributed by atoms with Crippen LogP contribution in [-0.2, 0) is 22.7 Å². The lowest BCUT2D eigenvalue weighted by atomic mass is 10.1. The SMILES string of the molecule is CCCOCc1ccccc1CNC(=O)CN1CCCN(c2ccc(F)cc2)CC1. The first-order valence-electron chi connectivity index (χ1n) is 10.8. The summed E-state index contributed by atoms with van der Waals surface area (Å²) in [4.78, 5) is 17.0. The maximum absolute atomic E-state index is 13.2. The number of rotatable bonds is 9. The molecule has 30 heavy (non-hydrogen) atoms. The van der Waals surface area contributed by atoms with E-state index in [0.717, 1.165) is 62.4 Å². The molecule has 0 spiro atoms. The Hall–Kier alpha value is -2.44. The minimum atomic E-state index is -0.217. The Labute approximate surface area is 178 Å². The van der Waals surface area contributed by atoms with Gasteiger partial charge >= 0.3 is 0 Å². The molecular formula is C24H32FN3O2. The van der Waals surface area contributed by atoms with Crippen LogP contribution in [0.4, 0.5) is 10.1 Å². The van der Waals surface area contributed by atoms with E-state index in [1.807, 2.05) is 30.3 Å². The number of anilines is 1. The molecule has 1 heterocycles. The number of hydrogen-bond acceptors (Lipinski definition) is 4. The average molecular weight is 414 g/mol. The van der Waals surface area contributed by atoms with Crippen LogP contribution in [0.25, 0.3) is 0 Å². The summed E-state index contributed by atoms with van der Waals surface area (Å²) in [5.41, 5.74) is 3.25. The van der Waals surface area contributed by atoms with Crippen LogP contribution in [0.15, 0.2) is 48.5 Å².